The Hall–Kier alpha value is -3.03. The zero-order chi connectivity index (χ0) is 20.9. The first-order chi connectivity index (χ1) is 13.1. The molecule has 0 saturated heterocycles. The third kappa shape index (κ3) is 5.73. The summed E-state index contributed by atoms with van der Waals surface area (Å²) in [6.45, 7) is 9.54. The zero-order valence-corrected chi connectivity index (χ0v) is 16.8. The van der Waals surface area contributed by atoms with Gasteiger partial charge in [0.15, 0.2) is 0 Å². The molecule has 1 aromatic heterocycles. The van der Waals surface area contributed by atoms with Crippen LogP contribution in [0.1, 0.15) is 45.0 Å². The quantitative estimate of drug-likeness (QED) is 0.655. The molecule has 1 atom stereocenters. The lowest BCUT2D eigenvalue weighted by Gasteiger charge is -2.22. The molecule has 0 aliphatic heterocycles. The molecule has 0 saturated carbocycles. The molecule has 3 N–H and O–H groups in total. The summed E-state index contributed by atoms with van der Waals surface area (Å²) in [5, 5.41) is 6.29. The largest absolute Gasteiger partial charge is 0.462 e. The molecule has 2 rings (SSSR count). The smallest absolute Gasteiger partial charge is 0.407 e. The molecule has 1 heterocycles. The number of carbonyl (C=O) groups excluding carboxylic acids is 2. The summed E-state index contributed by atoms with van der Waals surface area (Å²) in [6.07, 6.45) is 0.874. The van der Waals surface area contributed by atoms with E-state index in [1.54, 1.807) is 39.8 Å². The van der Waals surface area contributed by atoms with E-state index in [1.165, 1.54) is 6.20 Å². The Labute approximate surface area is 163 Å². The molecule has 2 aromatic rings. The topological polar surface area (TPSA) is 110 Å². The third-order valence-electron chi connectivity index (χ3n) is 3.75. The van der Waals surface area contributed by atoms with Crippen molar-refractivity contribution < 1.29 is 19.1 Å². The van der Waals surface area contributed by atoms with Crippen molar-refractivity contribution in [3.05, 3.63) is 40.2 Å². The van der Waals surface area contributed by atoms with Crippen molar-refractivity contribution in [1.82, 2.24) is 10.3 Å². The van der Waals surface area contributed by atoms with E-state index in [0.29, 0.717) is 23.1 Å². The monoisotopic (exact) mass is 389 g/mol. The number of hydrogen-bond donors (Lipinski definition) is 3. The molecule has 28 heavy (non-hydrogen) atoms. The Morgan fingerprint density at radius 2 is 1.96 bits per heavy atom. The molecule has 152 valence electrons. The van der Waals surface area contributed by atoms with E-state index in [4.69, 9.17) is 9.47 Å². The van der Waals surface area contributed by atoms with E-state index < -0.39 is 23.1 Å². The number of amides is 1. The van der Waals surface area contributed by atoms with Crippen LogP contribution in [0.4, 0.5) is 10.5 Å². The number of hydrogen-bond acceptors (Lipinski definition) is 6. The highest BCUT2D eigenvalue weighted by Crippen LogP contribution is 2.16. The van der Waals surface area contributed by atoms with Crippen LogP contribution in [0, 0.1) is 0 Å². The van der Waals surface area contributed by atoms with Gasteiger partial charge in [0.2, 0.25) is 5.43 Å². The Bertz CT molecular complexity index is 914. The highest BCUT2D eigenvalue weighted by molar-refractivity contribution is 5.94. The van der Waals surface area contributed by atoms with Crippen LogP contribution in [0.25, 0.3) is 10.9 Å². The minimum Gasteiger partial charge on any atom is -0.462 e. The number of fused-ring (bicyclic) bond motifs is 1. The molecule has 8 nitrogen and oxygen atoms in total. The molecular weight excluding hydrogens is 362 g/mol. The van der Waals surface area contributed by atoms with Crippen LogP contribution in [0.15, 0.2) is 29.2 Å². The van der Waals surface area contributed by atoms with E-state index in [-0.39, 0.29) is 18.2 Å². The molecule has 0 spiro atoms. The van der Waals surface area contributed by atoms with E-state index in [1.807, 2.05) is 13.0 Å². The molecule has 1 amide bonds. The highest BCUT2D eigenvalue weighted by Gasteiger charge is 2.18. The molecule has 0 aliphatic carbocycles. The van der Waals surface area contributed by atoms with Gasteiger partial charge in [-0.3, -0.25) is 4.79 Å². The second-order valence-corrected chi connectivity index (χ2v) is 7.44. The minimum absolute atomic E-state index is 0.0357. The molecule has 1 aromatic carbocycles. The van der Waals surface area contributed by atoms with Crippen molar-refractivity contribution in [2.24, 2.45) is 0 Å². The zero-order valence-electron chi connectivity index (χ0n) is 16.8. The Balaban J connectivity index is 2.09. The second-order valence-electron chi connectivity index (χ2n) is 7.44. The molecule has 0 aliphatic rings. The normalized spacial score (nSPS) is 12.3. The van der Waals surface area contributed by atoms with Gasteiger partial charge in [0, 0.05) is 35.4 Å². The number of benzene rings is 1. The Morgan fingerprint density at radius 3 is 2.61 bits per heavy atom. The summed E-state index contributed by atoms with van der Waals surface area (Å²) >= 11 is 0. The summed E-state index contributed by atoms with van der Waals surface area (Å²) in [5.74, 6) is -0.654. The fourth-order valence-electron chi connectivity index (χ4n) is 2.52. The lowest BCUT2D eigenvalue weighted by molar-refractivity contribution is 0.0505. The third-order valence-corrected chi connectivity index (χ3v) is 3.75. The van der Waals surface area contributed by atoms with Gasteiger partial charge in [0.25, 0.3) is 0 Å². The molecule has 0 radical (unpaired) electrons. The lowest BCUT2D eigenvalue weighted by Crippen LogP contribution is -2.40. The molecule has 8 heteroatoms. The SMILES string of the molecule is CCOC(=O)c1c[nH]c2ccc(NC[C@H](C)NC(=O)OC(C)(C)C)cc2c1=O. The summed E-state index contributed by atoms with van der Waals surface area (Å²) in [5.41, 5.74) is 0.315. The number of alkyl carbamates (subject to hydrolysis) is 1. The number of nitrogens with one attached hydrogen (secondary N) is 3. The fraction of sp³-hybridized carbons (Fsp3) is 0.450. The van der Waals surface area contributed by atoms with Crippen molar-refractivity contribution in [2.75, 3.05) is 18.5 Å². The van der Waals surface area contributed by atoms with Crippen molar-refractivity contribution in [2.45, 2.75) is 46.3 Å². The van der Waals surface area contributed by atoms with Gasteiger partial charge in [-0.15, -0.1) is 0 Å². The number of pyridine rings is 1. The first kappa shape index (κ1) is 21.3. The van der Waals surface area contributed by atoms with Crippen LogP contribution < -0.4 is 16.1 Å². The van der Waals surface area contributed by atoms with E-state index in [0.717, 1.165) is 0 Å². The Morgan fingerprint density at radius 1 is 1.25 bits per heavy atom. The summed E-state index contributed by atoms with van der Waals surface area (Å²) < 4.78 is 10.1. The van der Waals surface area contributed by atoms with Gasteiger partial charge in [-0.05, 0) is 52.8 Å². The number of esters is 1. The number of ether oxygens (including phenoxy) is 2. The van der Waals surface area contributed by atoms with Crippen LogP contribution in [0.2, 0.25) is 0 Å². The van der Waals surface area contributed by atoms with Crippen molar-refractivity contribution in [3.8, 4) is 0 Å². The number of H-pyrrole nitrogens is 1. The van der Waals surface area contributed by atoms with Crippen molar-refractivity contribution in [1.29, 1.82) is 0 Å². The van der Waals surface area contributed by atoms with Crippen molar-refractivity contribution in [3.63, 3.8) is 0 Å². The average Bonchev–Trinajstić information content (AvgIpc) is 2.59. The first-order valence-electron chi connectivity index (χ1n) is 9.16. The van der Waals surface area contributed by atoms with Gasteiger partial charge in [0.1, 0.15) is 11.2 Å². The first-order valence-corrected chi connectivity index (χ1v) is 9.16. The minimum atomic E-state index is -0.654. The second kappa shape index (κ2) is 8.77. The highest BCUT2D eigenvalue weighted by atomic mass is 16.6. The maximum absolute atomic E-state index is 12.6. The van der Waals surface area contributed by atoms with E-state index >= 15 is 0 Å². The Kier molecular flexibility index (Phi) is 6.66. The summed E-state index contributed by atoms with van der Waals surface area (Å²) in [6, 6.07) is 5.02. The van der Waals surface area contributed by atoms with E-state index in [2.05, 4.69) is 15.6 Å². The molecule has 0 fully saturated rings. The standard InChI is InChI=1S/C20H27N3O5/c1-6-27-18(25)15-11-22-16-8-7-13(9-14(16)17(15)24)21-10-12(2)23-19(26)28-20(3,4)5/h7-9,11-12,21H,6,10H2,1-5H3,(H,22,24)(H,23,26)/t12-/m0/s1. The van der Waals surface area contributed by atoms with Crippen molar-refractivity contribution >= 4 is 28.7 Å². The maximum atomic E-state index is 12.6. The molecular formula is C20H27N3O5. The van der Waals surface area contributed by atoms with Crippen LogP contribution in [-0.4, -0.2) is 41.8 Å². The van der Waals surface area contributed by atoms with Crippen LogP contribution in [0.5, 0.6) is 0 Å². The maximum Gasteiger partial charge on any atom is 0.407 e. The number of rotatable bonds is 6. The van der Waals surface area contributed by atoms with E-state index in [9.17, 15) is 14.4 Å². The van der Waals surface area contributed by atoms with Gasteiger partial charge in [0.05, 0.1) is 6.61 Å². The lowest BCUT2D eigenvalue weighted by atomic mass is 10.1. The average molecular weight is 389 g/mol. The summed E-state index contributed by atoms with van der Waals surface area (Å²) in [4.78, 5) is 39.2. The van der Waals surface area contributed by atoms with Gasteiger partial charge in [-0.1, -0.05) is 0 Å². The van der Waals surface area contributed by atoms with Gasteiger partial charge in [-0.2, -0.15) is 0 Å². The predicted molar refractivity (Wildman–Crippen MR) is 108 cm³/mol. The number of anilines is 1. The number of carbonyl (C=O) groups is 2. The fourth-order valence-corrected chi connectivity index (χ4v) is 2.52. The predicted octanol–water partition coefficient (Wildman–Crippen LogP) is 3.03. The van der Waals surface area contributed by atoms with Crippen LogP contribution in [-0.2, 0) is 9.47 Å². The molecule has 0 bridgehead atoms. The van der Waals surface area contributed by atoms with Crippen LogP contribution in [0.3, 0.4) is 0 Å². The summed E-state index contributed by atoms with van der Waals surface area (Å²) in [7, 11) is 0. The molecule has 0 unspecified atom stereocenters. The van der Waals surface area contributed by atoms with Crippen LogP contribution >= 0.6 is 0 Å². The van der Waals surface area contributed by atoms with Gasteiger partial charge in [-0.25, -0.2) is 9.59 Å². The number of aromatic amines is 1. The van der Waals surface area contributed by atoms with Gasteiger partial charge < -0.3 is 25.1 Å². The van der Waals surface area contributed by atoms with Gasteiger partial charge >= 0.3 is 12.1 Å². The number of aromatic nitrogens is 1.